The number of rotatable bonds is 8. The summed E-state index contributed by atoms with van der Waals surface area (Å²) in [6.45, 7) is 9.44. The first-order chi connectivity index (χ1) is 9.92. The third-order valence-electron chi connectivity index (χ3n) is 3.15. The standard InChI is InChI=1S/C13H25N7O/c1-6-20(7-2)13-18-11(15-5)17-12(19-13)16-9(8(3)4)10(14)21/h8-9H,6-7H2,1-5H3,(H2,14,21)(H2,15,16,17,18,19). The van der Waals surface area contributed by atoms with E-state index >= 15 is 0 Å². The van der Waals surface area contributed by atoms with E-state index in [4.69, 9.17) is 5.73 Å². The van der Waals surface area contributed by atoms with E-state index in [-0.39, 0.29) is 5.92 Å². The molecule has 1 heterocycles. The molecule has 0 aliphatic rings. The first-order valence-electron chi connectivity index (χ1n) is 7.17. The van der Waals surface area contributed by atoms with Crippen LogP contribution >= 0.6 is 0 Å². The van der Waals surface area contributed by atoms with Gasteiger partial charge >= 0.3 is 0 Å². The van der Waals surface area contributed by atoms with Crippen molar-refractivity contribution in [2.45, 2.75) is 33.7 Å². The Kier molecular flexibility index (Phi) is 6.13. The molecule has 8 nitrogen and oxygen atoms in total. The second-order valence-corrected chi connectivity index (χ2v) is 4.97. The number of nitrogens with zero attached hydrogens (tertiary/aromatic N) is 4. The minimum Gasteiger partial charge on any atom is -0.368 e. The molecule has 1 aromatic rings. The molecule has 0 radical (unpaired) electrons. The molecule has 21 heavy (non-hydrogen) atoms. The SMILES string of the molecule is CCN(CC)c1nc(NC)nc(NC(C(N)=O)C(C)C)n1. The zero-order chi connectivity index (χ0) is 16.0. The van der Waals surface area contributed by atoms with Gasteiger partial charge in [0.2, 0.25) is 23.8 Å². The molecule has 0 bridgehead atoms. The van der Waals surface area contributed by atoms with Crippen LogP contribution < -0.4 is 21.3 Å². The molecule has 1 unspecified atom stereocenters. The molecule has 0 fully saturated rings. The highest BCUT2D eigenvalue weighted by Gasteiger charge is 2.21. The van der Waals surface area contributed by atoms with Crippen LogP contribution in [0.15, 0.2) is 0 Å². The predicted molar refractivity (Wildman–Crippen MR) is 84.4 cm³/mol. The molecule has 8 heteroatoms. The van der Waals surface area contributed by atoms with E-state index in [0.29, 0.717) is 17.8 Å². The van der Waals surface area contributed by atoms with Crippen molar-refractivity contribution in [3.8, 4) is 0 Å². The average Bonchev–Trinajstić information content (AvgIpc) is 2.45. The van der Waals surface area contributed by atoms with Crippen LogP contribution in [0, 0.1) is 5.92 Å². The first kappa shape index (κ1) is 16.9. The van der Waals surface area contributed by atoms with Crippen molar-refractivity contribution in [1.82, 2.24) is 15.0 Å². The number of hydrogen-bond acceptors (Lipinski definition) is 7. The van der Waals surface area contributed by atoms with Gasteiger partial charge in [-0.1, -0.05) is 13.8 Å². The number of carbonyl (C=O) groups is 1. The van der Waals surface area contributed by atoms with Gasteiger partial charge in [0, 0.05) is 20.1 Å². The van der Waals surface area contributed by atoms with Gasteiger partial charge in [-0.2, -0.15) is 15.0 Å². The average molecular weight is 295 g/mol. The zero-order valence-corrected chi connectivity index (χ0v) is 13.3. The summed E-state index contributed by atoms with van der Waals surface area (Å²) in [6, 6.07) is -0.526. The summed E-state index contributed by atoms with van der Waals surface area (Å²) >= 11 is 0. The summed E-state index contributed by atoms with van der Waals surface area (Å²) < 4.78 is 0. The Bertz CT molecular complexity index is 474. The highest BCUT2D eigenvalue weighted by atomic mass is 16.1. The summed E-state index contributed by atoms with van der Waals surface area (Å²) in [7, 11) is 1.74. The quantitative estimate of drug-likeness (QED) is 0.647. The Labute approximate surface area is 125 Å². The van der Waals surface area contributed by atoms with Crippen LogP contribution in [0.1, 0.15) is 27.7 Å². The van der Waals surface area contributed by atoms with E-state index in [0.717, 1.165) is 13.1 Å². The van der Waals surface area contributed by atoms with Gasteiger partial charge in [-0.15, -0.1) is 0 Å². The van der Waals surface area contributed by atoms with E-state index in [2.05, 4.69) is 25.6 Å². The molecule has 1 rings (SSSR count). The molecule has 0 aliphatic heterocycles. The summed E-state index contributed by atoms with van der Waals surface area (Å²) in [6.07, 6.45) is 0. The number of amides is 1. The number of primary amides is 1. The van der Waals surface area contributed by atoms with Gasteiger partial charge in [-0.25, -0.2) is 0 Å². The molecular weight excluding hydrogens is 270 g/mol. The lowest BCUT2D eigenvalue weighted by atomic mass is 10.0. The third kappa shape index (κ3) is 4.44. The Balaban J connectivity index is 3.11. The van der Waals surface area contributed by atoms with Gasteiger partial charge in [-0.3, -0.25) is 4.79 Å². The van der Waals surface area contributed by atoms with Crippen LogP contribution in [0.3, 0.4) is 0 Å². The van der Waals surface area contributed by atoms with E-state index in [1.54, 1.807) is 7.05 Å². The minimum atomic E-state index is -0.526. The smallest absolute Gasteiger partial charge is 0.240 e. The van der Waals surface area contributed by atoms with Gasteiger partial charge in [0.25, 0.3) is 0 Å². The van der Waals surface area contributed by atoms with Crippen LogP contribution in [0.4, 0.5) is 17.8 Å². The van der Waals surface area contributed by atoms with Crippen LogP contribution in [-0.2, 0) is 4.79 Å². The number of nitrogens with one attached hydrogen (secondary N) is 2. The number of aromatic nitrogens is 3. The summed E-state index contributed by atoms with van der Waals surface area (Å²) in [4.78, 5) is 26.4. The molecule has 118 valence electrons. The second-order valence-electron chi connectivity index (χ2n) is 4.97. The maximum atomic E-state index is 11.5. The van der Waals surface area contributed by atoms with Crippen molar-refractivity contribution in [2.24, 2.45) is 11.7 Å². The highest BCUT2D eigenvalue weighted by Crippen LogP contribution is 2.15. The molecule has 0 aliphatic carbocycles. The molecule has 1 amide bonds. The summed E-state index contributed by atoms with van der Waals surface area (Å²) in [5.74, 6) is 0.957. The number of hydrogen-bond donors (Lipinski definition) is 3. The van der Waals surface area contributed by atoms with Crippen molar-refractivity contribution in [1.29, 1.82) is 0 Å². The normalized spacial score (nSPS) is 12.1. The predicted octanol–water partition coefficient (Wildman–Crippen LogP) is 0.681. The lowest BCUT2D eigenvalue weighted by Gasteiger charge is -2.22. The lowest BCUT2D eigenvalue weighted by Crippen LogP contribution is -2.40. The van der Waals surface area contributed by atoms with Crippen LogP contribution in [0.5, 0.6) is 0 Å². The highest BCUT2D eigenvalue weighted by molar-refractivity contribution is 5.82. The largest absolute Gasteiger partial charge is 0.368 e. The van der Waals surface area contributed by atoms with Gasteiger partial charge in [0.05, 0.1) is 0 Å². The van der Waals surface area contributed by atoms with Gasteiger partial charge in [0.1, 0.15) is 6.04 Å². The Morgan fingerprint density at radius 1 is 1.19 bits per heavy atom. The maximum absolute atomic E-state index is 11.5. The van der Waals surface area contributed by atoms with Gasteiger partial charge in [0.15, 0.2) is 0 Å². The molecule has 1 atom stereocenters. The van der Waals surface area contributed by atoms with Crippen LogP contribution in [0.2, 0.25) is 0 Å². The fourth-order valence-electron chi connectivity index (χ4n) is 1.89. The monoisotopic (exact) mass is 295 g/mol. The topological polar surface area (TPSA) is 109 Å². The second kappa shape index (κ2) is 7.61. The zero-order valence-electron chi connectivity index (χ0n) is 13.3. The molecule has 1 aromatic heterocycles. The lowest BCUT2D eigenvalue weighted by molar-refractivity contribution is -0.119. The van der Waals surface area contributed by atoms with Crippen molar-refractivity contribution < 1.29 is 4.79 Å². The number of anilines is 3. The first-order valence-corrected chi connectivity index (χ1v) is 7.17. The maximum Gasteiger partial charge on any atom is 0.240 e. The third-order valence-corrected chi connectivity index (χ3v) is 3.15. The molecular formula is C13H25N7O. The molecule has 0 saturated carbocycles. The summed E-state index contributed by atoms with van der Waals surface area (Å²) in [5, 5.41) is 5.89. The van der Waals surface area contributed by atoms with Crippen LogP contribution in [-0.4, -0.2) is 47.0 Å². The van der Waals surface area contributed by atoms with Gasteiger partial charge < -0.3 is 21.3 Å². The molecule has 0 saturated heterocycles. The fraction of sp³-hybridized carbons (Fsp3) is 0.692. The summed E-state index contributed by atoms with van der Waals surface area (Å²) in [5.41, 5.74) is 5.41. The Morgan fingerprint density at radius 3 is 2.19 bits per heavy atom. The molecule has 0 spiro atoms. The fourth-order valence-corrected chi connectivity index (χ4v) is 1.89. The van der Waals surface area contributed by atoms with E-state index in [1.165, 1.54) is 0 Å². The van der Waals surface area contributed by atoms with E-state index in [1.807, 2.05) is 32.6 Å². The van der Waals surface area contributed by atoms with Crippen molar-refractivity contribution in [2.75, 3.05) is 35.7 Å². The van der Waals surface area contributed by atoms with E-state index < -0.39 is 11.9 Å². The van der Waals surface area contributed by atoms with Crippen molar-refractivity contribution in [3.05, 3.63) is 0 Å². The van der Waals surface area contributed by atoms with E-state index in [9.17, 15) is 4.79 Å². The van der Waals surface area contributed by atoms with Crippen molar-refractivity contribution >= 4 is 23.8 Å². The Morgan fingerprint density at radius 2 is 1.76 bits per heavy atom. The molecule has 4 N–H and O–H groups in total. The van der Waals surface area contributed by atoms with Crippen LogP contribution in [0.25, 0.3) is 0 Å². The minimum absolute atomic E-state index is 0.0363. The van der Waals surface area contributed by atoms with Gasteiger partial charge in [-0.05, 0) is 19.8 Å². The van der Waals surface area contributed by atoms with Crippen molar-refractivity contribution in [3.63, 3.8) is 0 Å². The number of nitrogens with two attached hydrogens (primary N) is 1. The molecule has 0 aromatic carbocycles. The number of carbonyl (C=O) groups excluding carboxylic acids is 1. The Hall–Kier alpha value is -2.12.